The molecule has 0 aliphatic heterocycles. The first-order chi connectivity index (χ1) is 11.1. The van der Waals surface area contributed by atoms with Gasteiger partial charge in [-0.05, 0) is 38.3 Å². The summed E-state index contributed by atoms with van der Waals surface area (Å²) in [5.74, 6) is 0.0991. The van der Waals surface area contributed by atoms with Gasteiger partial charge in [0.1, 0.15) is 5.52 Å². The number of amides is 1. The molecule has 23 heavy (non-hydrogen) atoms. The van der Waals surface area contributed by atoms with Crippen molar-refractivity contribution in [3.05, 3.63) is 34.6 Å². The molecule has 0 saturated carbocycles. The van der Waals surface area contributed by atoms with Crippen LogP contribution in [0, 0.1) is 0 Å². The van der Waals surface area contributed by atoms with E-state index in [9.17, 15) is 9.59 Å². The number of hydrogen-bond acceptors (Lipinski definition) is 4. The summed E-state index contributed by atoms with van der Waals surface area (Å²) < 4.78 is 1.40. The van der Waals surface area contributed by atoms with Crippen LogP contribution in [0.1, 0.15) is 46.0 Å². The van der Waals surface area contributed by atoms with Gasteiger partial charge in [-0.1, -0.05) is 30.7 Å². The van der Waals surface area contributed by atoms with Crippen molar-refractivity contribution in [3.63, 3.8) is 0 Å². The van der Waals surface area contributed by atoms with E-state index in [4.69, 9.17) is 0 Å². The Bertz CT molecular complexity index is 711. The molecule has 0 fully saturated rings. The zero-order chi connectivity index (χ0) is 16.7. The lowest BCUT2D eigenvalue weighted by atomic mass is 10.1. The topological polar surface area (TPSA) is 76.9 Å². The van der Waals surface area contributed by atoms with Crippen molar-refractivity contribution in [2.75, 3.05) is 0 Å². The van der Waals surface area contributed by atoms with Crippen LogP contribution in [0.15, 0.2) is 29.1 Å². The molecule has 2 aromatic rings. The molecule has 2 rings (SSSR count). The highest BCUT2D eigenvalue weighted by Crippen LogP contribution is 2.05. The second kappa shape index (κ2) is 8.41. The second-order valence-electron chi connectivity index (χ2n) is 5.82. The Balaban J connectivity index is 1.78. The highest BCUT2D eigenvalue weighted by Gasteiger charge is 2.06. The van der Waals surface area contributed by atoms with E-state index >= 15 is 0 Å². The lowest BCUT2D eigenvalue weighted by Gasteiger charge is -2.11. The molecule has 1 heterocycles. The number of nitrogens with one attached hydrogen (secondary N) is 1. The van der Waals surface area contributed by atoms with Crippen LogP contribution in [0.5, 0.6) is 0 Å². The molecule has 1 aromatic heterocycles. The van der Waals surface area contributed by atoms with Gasteiger partial charge < -0.3 is 5.32 Å². The monoisotopic (exact) mass is 316 g/mol. The van der Waals surface area contributed by atoms with Crippen molar-refractivity contribution >= 4 is 16.8 Å². The van der Waals surface area contributed by atoms with E-state index in [1.54, 1.807) is 12.1 Å². The number of unbranched alkanes of at least 4 members (excludes halogenated alkanes) is 2. The van der Waals surface area contributed by atoms with Crippen molar-refractivity contribution < 1.29 is 4.79 Å². The van der Waals surface area contributed by atoms with Crippen molar-refractivity contribution in [3.8, 4) is 0 Å². The third kappa shape index (κ3) is 4.87. The molecular weight excluding hydrogens is 292 g/mol. The average Bonchev–Trinajstić information content (AvgIpc) is 2.56. The molecule has 1 aromatic carbocycles. The van der Waals surface area contributed by atoms with Crippen LogP contribution in [-0.4, -0.2) is 26.9 Å². The lowest BCUT2D eigenvalue weighted by molar-refractivity contribution is -0.121. The van der Waals surface area contributed by atoms with Gasteiger partial charge in [-0.2, -0.15) is 0 Å². The van der Waals surface area contributed by atoms with E-state index < -0.39 is 0 Å². The molecule has 0 saturated heterocycles. The molecule has 0 aliphatic rings. The maximum absolute atomic E-state index is 12.3. The Kier molecular flexibility index (Phi) is 6.26. The maximum Gasteiger partial charge on any atom is 0.277 e. The normalized spacial score (nSPS) is 12.3. The number of hydrogen-bond donors (Lipinski definition) is 1. The zero-order valence-electron chi connectivity index (χ0n) is 13.8. The predicted molar refractivity (Wildman–Crippen MR) is 90.2 cm³/mol. The van der Waals surface area contributed by atoms with Crippen molar-refractivity contribution in [1.29, 1.82) is 0 Å². The van der Waals surface area contributed by atoms with Crippen LogP contribution < -0.4 is 10.9 Å². The van der Waals surface area contributed by atoms with Crippen LogP contribution in [0.25, 0.3) is 10.9 Å². The third-order valence-electron chi connectivity index (χ3n) is 3.92. The summed E-state index contributed by atoms with van der Waals surface area (Å²) in [6.45, 7) is 4.58. The minimum Gasteiger partial charge on any atom is -0.354 e. The van der Waals surface area contributed by atoms with Crippen LogP contribution >= 0.6 is 0 Å². The van der Waals surface area contributed by atoms with Crippen molar-refractivity contribution in [2.24, 2.45) is 0 Å². The first kappa shape index (κ1) is 17.1. The Morgan fingerprint density at radius 3 is 2.83 bits per heavy atom. The summed E-state index contributed by atoms with van der Waals surface area (Å²) in [5.41, 5.74) is 0.514. The Morgan fingerprint density at radius 2 is 2.04 bits per heavy atom. The third-order valence-corrected chi connectivity index (χ3v) is 3.92. The molecule has 0 aliphatic carbocycles. The molecule has 6 heteroatoms. The minimum absolute atomic E-state index is 0.0991. The highest BCUT2D eigenvalue weighted by atomic mass is 16.1. The molecule has 1 N–H and O–H groups in total. The number of aryl methyl sites for hydroxylation is 1. The number of nitrogens with zero attached hydrogens (tertiary/aromatic N) is 3. The van der Waals surface area contributed by atoms with Crippen LogP contribution in [-0.2, 0) is 11.3 Å². The summed E-state index contributed by atoms with van der Waals surface area (Å²) in [4.78, 5) is 23.9. The fourth-order valence-electron chi connectivity index (χ4n) is 2.34. The maximum atomic E-state index is 12.3. The van der Waals surface area contributed by atoms with E-state index in [0.717, 1.165) is 25.7 Å². The number of benzene rings is 1. The number of rotatable bonds is 8. The average molecular weight is 316 g/mol. The highest BCUT2D eigenvalue weighted by molar-refractivity contribution is 5.76. The number of carbonyl (C=O) groups excluding carboxylic acids is 1. The van der Waals surface area contributed by atoms with E-state index in [1.165, 1.54) is 4.68 Å². The smallest absolute Gasteiger partial charge is 0.277 e. The van der Waals surface area contributed by atoms with E-state index in [1.807, 2.05) is 26.0 Å². The molecule has 1 amide bonds. The molecule has 0 spiro atoms. The summed E-state index contributed by atoms with van der Waals surface area (Å²) in [7, 11) is 0. The van der Waals surface area contributed by atoms with Gasteiger partial charge in [0.25, 0.3) is 5.56 Å². The largest absolute Gasteiger partial charge is 0.354 e. The summed E-state index contributed by atoms with van der Waals surface area (Å²) in [6, 6.07) is 7.44. The SMILES string of the molecule is CC[C@@H](C)NC(=O)CCCCCn1nnc2ccccc2c1=O. The molecule has 1 atom stereocenters. The lowest BCUT2D eigenvalue weighted by Crippen LogP contribution is -2.31. The molecule has 124 valence electrons. The Labute approximate surface area is 135 Å². The number of aromatic nitrogens is 3. The first-order valence-corrected chi connectivity index (χ1v) is 8.23. The standard InChI is InChI=1S/C17H24N4O2/c1-3-13(2)18-16(22)11-5-4-8-12-21-17(23)14-9-6-7-10-15(14)19-20-21/h6-7,9-10,13H,3-5,8,11-12H2,1-2H3,(H,18,22)/t13-/m1/s1. The Hall–Kier alpha value is -2.24. The van der Waals surface area contributed by atoms with Gasteiger partial charge >= 0.3 is 0 Å². The van der Waals surface area contributed by atoms with Gasteiger partial charge in [0.05, 0.1) is 5.39 Å². The van der Waals surface area contributed by atoms with Gasteiger partial charge in [0, 0.05) is 19.0 Å². The van der Waals surface area contributed by atoms with Gasteiger partial charge in [0.15, 0.2) is 0 Å². The minimum atomic E-state index is -0.106. The molecule has 0 bridgehead atoms. The van der Waals surface area contributed by atoms with Crippen molar-refractivity contribution in [1.82, 2.24) is 20.3 Å². The molecular formula is C17H24N4O2. The fourth-order valence-corrected chi connectivity index (χ4v) is 2.34. The van der Waals surface area contributed by atoms with Crippen LogP contribution in [0.2, 0.25) is 0 Å². The van der Waals surface area contributed by atoms with Gasteiger partial charge in [0.2, 0.25) is 5.91 Å². The molecule has 0 radical (unpaired) electrons. The van der Waals surface area contributed by atoms with E-state index in [-0.39, 0.29) is 17.5 Å². The Morgan fingerprint density at radius 1 is 1.26 bits per heavy atom. The second-order valence-corrected chi connectivity index (χ2v) is 5.82. The number of carbonyl (C=O) groups is 1. The van der Waals surface area contributed by atoms with Crippen molar-refractivity contribution in [2.45, 2.75) is 58.5 Å². The van der Waals surface area contributed by atoms with Crippen LogP contribution in [0.3, 0.4) is 0 Å². The molecule has 0 unspecified atom stereocenters. The van der Waals surface area contributed by atoms with Crippen LogP contribution in [0.4, 0.5) is 0 Å². The van der Waals surface area contributed by atoms with Gasteiger partial charge in [-0.15, -0.1) is 5.10 Å². The summed E-state index contributed by atoms with van der Waals surface area (Å²) in [5, 5.41) is 11.6. The zero-order valence-corrected chi connectivity index (χ0v) is 13.8. The summed E-state index contributed by atoms with van der Waals surface area (Å²) in [6.07, 6.45) is 3.98. The quantitative estimate of drug-likeness (QED) is 0.758. The predicted octanol–water partition coefficient (Wildman–Crippen LogP) is 2.27. The number of fused-ring (bicyclic) bond motifs is 1. The van der Waals surface area contributed by atoms with Gasteiger partial charge in [-0.25, -0.2) is 4.68 Å². The van der Waals surface area contributed by atoms with E-state index in [2.05, 4.69) is 15.6 Å². The molecule has 6 nitrogen and oxygen atoms in total. The van der Waals surface area contributed by atoms with Gasteiger partial charge in [-0.3, -0.25) is 9.59 Å². The fraction of sp³-hybridized carbons (Fsp3) is 0.529. The first-order valence-electron chi connectivity index (χ1n) is 8.23. The van der Waals surface area contributed by atoms with E-state index in [0.29, 0.717) is 23.9 Å². The summed E-state index contributed by atoms with van der Waals surface area (Å²) >= 11 is 0.